The van der Waals surface area contributed by atoms with Gasteiger partial charge < -0.3 is 5.73 Å². The number of hydrogen-bond acceptors (Lipinski definition) is 4. The molecule has 0 saturated heterocycles. The molecule has 0 radical (unpaired) electrons. The normalized spacial score (nSPS) is 18.0. The van der Waals surface area contributed by atoms with Crippen LogP contribution in [0.2, 0.25) is 0 Å². The van der Waals surface area contributed by atoms with Crippen LogP contribution in [0.3, 0.4) is 0 Å². The van der Waals surface area contributed by atoms with Crippen LogP contribution in [0.25, 0.3) is 0 Å². The summed E-state index contributed by atoms with van der Waals surface area (Å²) in [6, 6.07) is 6.64. The summed E-state index contributed by atoms with van der Waals surface area (Å²) in [5, 5.41) is 0. The number of sulfonamides is 1. The topological polar surface area (TPSA) is 97.5 Å². The molecule has 3 rings (SSSR count). The molecule has 148 valence electrons. The molecule has 2 N–H and O–H groups in total. The first-order valence-corrected chi connectivity index (χ1v) is 9.52. The van der Waals surface area contributed by atoms with Crippen molar-refractivity contribution in [3.63, 3.8) is 0 Å². The van der Waals surface area contributed by atoms with Gasteiger partial charge in [0.15, 0.2) is 0 Å². The number of aryl methyl sites for hydroxylation is 1. The smallest absolute Gasteiger partial charge is 0.370 e. The number of benzene rings is 2. The Bertz CT molecular complexity index is 1060. The van der Waals surface area contributed by atoms with E-state index in [2.05, 4.69) is 0 Å². The number of rotatable bonds is 3. The molecule has 1 aliphatic rings. The average molecular weight is 412 g/mol. The molecule has 2 amide bonds. The van der Waals surface area contributed by atoms with E-state index in [0.29, 0.717) is 22.0 Å². The number of primary amides is 1. The summed E-state index contributed by atoms with van der Waals surface area (Å²) in [5.41, 5.74) is 4.64. The van der Waals surface area contributed by atoms with Crippen molar-refractivity contribution in [2.45, 2.75) is 30.5 Å². The molecule has 0 saturated carbocycles. The van der Waals surface area contributed by atoms with Gasteiger partial charge in [-0.25, -0.2) is 12.7 Å². The summed E-state index contributed by atoms with van der Waals surface area (Å²) in [6.07, 6.45) is -5.04. The lowest BCUT2D eigenvalue weighted by Gasteiger charge is -2.23. The summed E-state index contributed by atoms with van der Waals surface area (Å²) < 4.78 is 64.7. The lowest BCUT2D eigenvalue weighted by atomic mass is 10.0. The van der Waals surface area contributed by atoms with Crippen LogP contribution in [0.5, 0.6) is 0 Å². The predicted molar refractivity (Wildman–Crippen MR) is 92.5 cm³/mol. The maximum absolute atomic E-state index is 13.0. The highest BCUT2D eigenvalue weighted by atomic mass is 32.2. The van der Waals surface area contributed by atoms with Crippen LogP contribution in [0.15, 0.2) is 47.4 Å². The Hall–Kier alpha value is -2.88. The average Bonchev–Trinajstić information content (AvgIpc) is 2.81. The zero-order chi connectivity index (χ0) is 20.9. The van der Waals surface area contributed by atoms with Crippen LogP contribution >= 0.6 is 0 Å². The van der Waals surface area contributed by atoms with Crippen LogP contribution in [0.1, 0.15) is 39.5 Å². The van der Waals surface area contributed by atoms with Crippen molar-refractivity contribution in [1.82, 2.24) is 4.31 Å². The molecule has 1 atom stereocenters. The minimum absolute atomic E-state index is 0.0958. The second-order valence-corrected chi connectivity index (χ2v) is 8.11. The molecule has 0 aliphatic carbocycles. The maximum Gasteiger partial charge on any atom is 0.416 e. The third-order valence-corrected chi connectivity index (χ3v) is 6.47. The van der Waals surface area contributed by atoms with Crippen molar-refractivity contribution in [3.05, 3.63) is 64.7 Å². The van der Waals surface area contributed by atoms with Gasteiger partial charge in [0.1, 0.15) is 0 Å². The number of nitrogens with zero attached hydrogens (tertiary/aromatic N) is 1. The monoisotopic (exact) mass is 412 g/mol. The molecule has 6 nitrogen and oxygen atoms in total. The van der Waals surface area contributed by atoms with E-state index in [-0.39, 0.29) is 16.0 Å². The molecule has 1 unspecified atom stereocenters. The highest BCUT2D eigenvalue weighted by Gasteiger charge is 2.47. The van der Waals surface area contributed by atoms with Crippen LogP contribution in [-0.2, 0) is 21.0 Å². The van der Waals surface area contributed by atoms with Crippen molar-refractivity contribution in [3.8, 4) is 0 Å². The van der Waals surface area contributed by atoms with Gasteiger partial charge in [-0.05, 0) is 42.3 Å². The second kappa shape index (κ2) is 6.62. The Morgan fingerprint density at radius 1 is 1.11 bits per heavy atom. The Kier molecular flexibility index (Phi) is 4.70. The molecule has 2 aromatic carbocycles. The fourth-order valence-electron chi connectivity index (χ4n) is 3.25. The number of halogens is 3. The second-order valence-electron chi connectivity index (χ2n) is 6.36. The van der Waals surface area contributed by atoms with E-state index < -0.39 is 46.0 Å². The maximum atomic E-state index is 13.0. The summed E-state index contributed by atoms with van der Waals surface area (Å²) in [5.74, 6) is -1.85. The quantitative estimate of drug-likeness (QED) is 0.838. The Balaban J connectivity index is 2.10. The minimum atomic E-state index is -4.59. The van der Waals surface area contributed by atoms with Gasteiger partial charge in [0.05, 0.1) is 22.9 Å². The molecule has 1 aliphatic heterocycles. The van der Waals surface area contributed by atoms with E-state index in [1.165, 1.54) is 6.07 Å². The molecule has 0 spiro atoms. The summed E-state index contributed by atoms with van der Waals surface area (Å²) in [6.45, 7) is 1.55. The number of nitrogens with two attached hydrogens (primary N) is 1. The van der Waals surface area contributed by atoms with Gasteiger partial charge in [-0.2, -0.15) is 13.2 Å². The number of hydrogen-bond donors (Lipinski definition) is 1. The lowest BCUT2D eigenvalue weighted by molar-refractivity contribution is -0.137. The third-order valence-electron chi connectivity index (χ3n) is 4.46. The number of fused-ring (bicyclic) bond motifs is 1. The first-order valence-electron chi connectivity index (χ1n) is 8.08. The molecule has 0 aromatic heterocycles. The Labute approximate surface area is 158 Å². The molecular formula is C18H15F3N2O4S. The van der Waals surface area contributed by atoms with E-state index in [0.717, 1.165) is 12.1 Å². The molecule has 10 heteroatoms. The number of amides is 2. The van der Waals surface area contributed by atoms with Gasteiger partial charge >= 0.3 is 6.18 Å². The predicted octanol–water partition coefficient (Wildman–Crippen LogP) is 2.78. The van der Waals surface area contributed by atoms with Crippen molar-refractivity contribution < 1.29 is 31.2 Å². The molecular weight excluding hydrogens is 397 g/mol. The van der Waals surface area contributed by atoms with Gasteiger partial charge in [-0.3, -0.25) is 9.59 Å². The van der Waals surface area contributed by atoms with Gasteiger partial charge in [-0.15, -0.1) is 0 Å². The highest BCUT2D eigenvalue weighted by Crippen LogP contribution is 2.43. The van der Waals surface area contributed by atoms with Crippen molar-refractivity contribution in [2.24, 2.45) is 5.73 Å². The van der Waals surface area contributed by atoms with Gasteiger partial charge in [0.2, 0.25) is 5.91 Å². The minimum Gasteiger partial charge on any atom is -0.370 e. The first-order chi connectivity index (χ1) is 12.9. The Morgan fingerprint density at radius 2 is 1.71 bits per heavy atom. The van der Waals surface area contributed by atoms with Gasteiger partial charge in [0.25, 0.3) is 15.9 Å². The van der Waals surface area contributed by atoms with Gasteiger partial charge in [0, 0.05) is 5.56 Å². The summed E-state index contributed by atoms with van der Waals surface area (Å²) in [4.78, 5) is 24.3. The van der Waals surface area contributed by atoms with E-state index in [1.807, 2.05) is 0 Å². The largest absolute Gasteiger partial charge is 0.416 e. The highest BCUT2D eigenvalue weighted by molar-refractivity contribution is 7.90. The van der Waals surface area contributed by atoms with Crippen LogP contribution in [0.4, 0.5) is 13.2 Å². The van der Waals surface area contributed by atoms with Crippen molar-refractivity contribution >= 4 is 21.8 Å². The molecule has 28 heavy (non-hydrogen) atoms. The molecule has 0 bridgehead atoms. The summed E-state index contributed by atoms with van der Waals surface area (Å²) in [7, 11) is -4.30. The molecule has 2 aromatic rings. The van der Waals surface area contributed by atoms with Crippen molar-refractivity contribution in [1.29, 1.82) is 0 Å². The molecule has 1 heterocycles. The lowest BCUT2D eigenvalue weighted by Crippen LogP contribution is -2.36. The number of carbonyl (C=O) groups excluding carboxylic acids is 2. The zero-order valence-electron chi connectivity index (χ0n) is 14.5. The van der Waals surface area contributed by atoms with Gasteiger partial charge in [-0.1, -0.05) is 18.2 Å². The molecule has 0 fully saturated rings. The van der Waals surface area contributed by atoms with Crippen LogP contribution in [-0.4, -0.2) is 24.5 Å². The first kappa shape index (κ1) is 19.9. The van der Waals surface area contributed by atoms with Crippen molar-refractivity contribution in [2.75, 3.05) is 0 Å². The van der Waals surface area contributed by atoms with Crippen LogP contribution in [0, 0.1) is 6.92 Å². The van der Waals surface area contributed by atoms with E-state index >= 15 is 0 Å². The van der Waals surface area contributed by atoms with Crippen LogP contribution < -0.4 is 5.73 Å². The Morgan fingerprint density at radius 3 is 2.25 bits per heavy atom. The number of alkyl halides is 3. The van der Waals surface area contributed by atoms with E-state index in [9.17, 15) is 31.2 Å². The standard InChI is InChI=1S/C18H15F3N2O4S/c1-10-3-2-4-13-14(9-15(22)24)23(28(26,27)16(10)13)17(25)11-5-7-12(8-6-11)18(19,20)21/h2-8,14H,9H2,1H3,(H2,22,24). The van der Waals surface area contributed by atoms with E-state index in [1.54, 1.807) is 19.1 Å². The number of carbonyl (C=O) groups is 2. The fourth-order valence-corrected chi connectivity index (χ4v) is 5.27. The zero-order valence-corrected chi connectivity index (χ0v) is 15.3. The SMILES string of the molecule is Cc1cccc2c1S(=O)(=O)N(C(=O)c1ccc(C(F)(F)F)cc1)C2CC(N)=O. The van der Waals surface area contributed by atoms with E-state index in [4.69, 9.17) is 5.73 Å². The third kappa shape index (κ3) is 3.24. The fraction of sp³-hybridized carbons (Fsp3) is 0.222. The summed E-state index contributed by atoms with van der Waals surface area (Å²) >= 11 is 0.